The van der Waals surface area contributed by atoms with Gasteiger partial charge >= 0.3 is 0 Å². The number of halogens is 1. The highest BCUT2D eigenvalue weighted by atomic mass is 35.5. The quantitative estimate of drug-likeness (QED) is 0.837. The second kappa shape index (κ2) is 6.91. The Kier molecular flexibility index (Phi) is 5.21. The zero-order chi connectivity index (χ0) is 14.5. The maximum atomic E-state index is 12.1. The third-order valence-electron chi connectivity index (χ3n) is 3.69. The van der Waals surface area contributed by atoms with Gasteiger partial charge < -0.3 is 10.4 Å². The molecular weight excluding hydrogens is 274 g/mol. The third kappa shape index (κ3) is 3.84. The molecule has 1 amide bonds. The van der Waals surface area contributed by atoms with Gasteiger partial charge in [0.1, 0.15) is 0 Å². The Bertz CT molecular complexity index is 484. The molecule has 1 aromatic rings. The standard InChI is InChI=1S/C16H20ClNO2/c1-11(15(19)12-7-9-14(17)10-8-12)18-16(20)13-5-3-2-4-6-13/h2-3,7-11,13,15,19H,4-6H2,1H3,(H,18,20). The van der Waals surface area contributed by atoms with Crippen molar-refractivity contribution in [1.29, 1.82) is 0 Å². The fraction of sp³-hybridized carbons (Fsp3) is 0.438. The highest BCUT2D eigenvalue weighted by Crippen LogP contribution is 2.21. The maximum absolute atomic E-state index is 12.1. The molecule has 0 bridgehead atoms. The molecule has 0 saturated carbocycles. The molecule has 0 fully saturated rings. The Morgan fingerprint density at radius 1 is 1.35 bits per heavy atom. The highest BCUT2D eigenvalue weighted by Gasteiger charge is 2.23. The summed E-state index contributed by atoms with van der Waals surface area (Å²) in [5.74, 6) is 0.0507. The maximum Gasteiger partial charge on any atom is 0.223 e. The molecule has 0 saturated heterocycles. The van der Waals surface area contributed by atoms with Crippen LogP contribution in [0, 0.1) is 5.92 Å². The fourth-order valence-electron chi connectivity index (χ4n) is 2.40. The molecule has 0 heterocycles. The predicted molar refractivity (Wildman–Crippen MR) is 80.5 cm³/mol. The van der Waals surface area contributed by atoms with Crippen LogP contribution in [0.5, 0.6) is 0 Å². The van der Waals surface area contributed by atoms with Gasteiger partial charge in [-0.2, -0.15) is 0 Å². The summed E-state index contributed by atoms with van der Waals surface area (Å²) in [5, 5.41) is 13.8. The van der Waals surface area contributed by atoms with Gasteiger partial charge in [-0.25, -0.2) is 0 Å². The Balaban J connectivity index is 1.93. The minimum Gasteiger partial charge on any atom is -0.386 e. The Morgan fingerprint density at radius 2 is 2.05 bits per heavy atom. The van der Waals surface area contributed by atoms with E-state index in [0.717, 1.165) is 24.8 Å². The van der Waals surface area contributed by atoms with E-state index in [4.69, 9.17) is 11.6 Å². The number of nitrogens with one attached hydrogen (secondary N) is 1. The van der Waals surface area contributed by atoms with E-state index in [-0.39, 0.29) is 17.9 Å². The molecule has 3 nitrogen and oxygen atoms in total. The van der Waals surface area contributed by atoms with E-state index in [1.54, 1.807) is 24.3 Å². The lowest BCUT2D eigenvalue weighted by Gasteiger charge is -2.24. The van der Waals surface area contributed by atoms with Crippen molar-refractivity contribution in [3.8, 4) is 0 Å². The molecular formula is C16H20ClNO2. The van der Waals surface area contributed by atoms with E-state index in [0.29, 0.717) is 5.02 Å². The minimum atomic E-state index is -0.727. The van der Waals surface area contributed by atoms with Crippen molar-refractivity contribution < 1.29 is 9.90 Å². The van der Waals surface area contributed by atoms with E-state index >= 15 is 0 Å². The third-order valence-corrected chi connectivity index (χ3v) is 3.95. The Hall–Kier alpha value is -1.32. The normalized spacial score (nSPS) is 21.2. The number of hydrogen-bond donors (Lipinski definition) is 2. The van der Waals surface area contributed by atoms with Gasteiger partial charge in [-0.15, -0.1) is 0 Å². The second-order valence-corrected chi connectivity index (χ2v) is 5.71. The molecule has 1 aliphatic carbocycles. The molecule has 1 aliphatic rings. The lowest BCUT2D eigenvalue weighted by molar-refractivity contribution is -0.126. The minimum absolute atomic E-state index is 0.0230. The Labute approximate surface area is 124 Å². The van der Waals surface area contributed by atoms with E-state index in [1.165, 1.54) is 0 Å². The molecule has 3 unspecified atom stereocenters. The zero-order valence-corrected chi connectivity index (χ0v) is 12.3. The van der Waals surface area contributed by atoms with Gasteiger partial charge in [-0.05, 0) is 43.9 Å². The number of carbonyl (C=O) groups is 1. The van der Waals surface area contributed by atoms with Gasteiger partial charge in [0.25, 0.3) is 0 Å². The van der Waals surface area contributed by atoms with Crippen molar-refractivity contribution in [2.24, 2.45) is 5.92 Å². The molecule has 3 atom stereocenters. The zero-order valence-electron chi connectivity index (χ0n) is 11.6. The number of allylic oxidation sites excluding steroid dienone is 2. The molecule has 0 spiro atoms. The van der Waals surface area contributed by atoms with E-state index < -0.39 is 6.10 Å². The molecule has 20 heavy (non-hydrogen) atoms. The first kappa shape index (κ1) is 15.1. The van der Waals surface area contributed by atoms with Crippen LogP contribution in [0.2, 0.25) is 5.02 Å². The van der Waals surface area contributed by atoms with Gasteiger partial charge in [0.05, 0.1) is 12.1 Å². The highest BCUT2D eigenvalue weighted by molar-refractivity contribution is 6.30. The summed E-state index contributed by atoms with van der Waals surface area (Å²) in [5.41, 5.74) is 0.755. The van der Waals surface area contributed by atoms with Crippen LogP contribution in [0.4, 0.5) is 0 Å². The monoisotopic (exact) mass is 293 g/mol. The first-order chi connectivity index (χ1) is 9.58. The number of amides is 1. The van der Waals surface area contributed by atoms with Gasteiger partial charge in [-0.3, -0.25) is 4.79 Å². The van der Waals surface area contributed by atoms with E-state index in [1.807, 2.05) is 13.0 Å². The summed E-state index contributed by atoms with van der Waals surface area (Å²) < 4.78 is 0. The molecule has 1 aromatic carbocycles. The molecule has 0 aromatic heterocycles. The van der Waals surface area contributed by atoms with Crippen molar-refractivity contribution in [2.75, 3.05) is 0 Å². The van der Waals surface area contributed by atoms with Crippen molar-refractivity contribution in [1.82, 2.24) is 5.32 Å². The lowest BCUT2D eigenvalue weighted by Crippen LogP contribution is -2.40. The number of carbonyl (C=O) groups excluding carboxylic acids is 1. The molecule has 0 aliphatic heterocycles. The van der Waals surface area contributed by atoms with Crippen LogP contribution in [0.15, 0.2) is 36.4 Å². The molecule has 4 heteroatoms. The van der Waals surface area contributed by atoms with Gasteiger partial charge in [0.15, 0.2) is 0 Å². The van der Waals surface area contributed by atoms with E-state index in [9.17, 15) is 9.90 Å². The topological polar surface area (TPSA) is 49.3 Å². The van der Waals surface area contributed by atoms with Gasteiger partial charge in [0, 0.05) is 10.9 Å². The average Bonchev–Trinajstić information content (AvgIpc) is 2.48. The lowest BCUT2D eigenvalue weighted by atomic mass is 9.93. The number of aliphatic hydroxyl groups excluding tert-OH is 1. The average molecular weight is 294 g/mol. The number of rotatable bonds is 4. The number of hydrogen-bond acceptors (Lipinski definition) is 2. The van der Waals surface area contributed by atoms with Crippen molar-refractivity contribution >= 4 is 17.5 Å². The first-order valence-corrected chi connectivity index (χ1v) is 7.34. The van der Waals surface area contributed by atoms with Crippen molar-refractivity contribution in [2.45, 2.75) is 38.3 Å². The molecule has 2 rings (SSSR count). The van der Waals surface area contributed by atoms with Gasteiger partial charge in [0.2, 0.25) is 5.91 Å². The van der Waals surface area contributed by atoms with E-state index in [2.05, 4.69) is 11.4 Å². The Morgan fingerprint density at radius 3 is 2.65 bits per heavy atom. The number of aliphatic hydroxyl groups is 1. The smallest absolute Gasteiger partial charge is 0.223 e. The summed E-state index contributed by atoms with van der Waals surface area (Å²) in [6, 6.07) is 6.70. The van der Waals surface area contributed by atoms with Crippen LogP contribution in [0.3, 0.4) is 0 Å². The molecule has 0 radical (unpaired) electrons. The fourth-order valence-corrected chi connectivity index (χ4v) is 2.53. The van der Waals surface area contributed by atoms with Crippen LogP contribution in [0.1, 0.15) is 37.9 Å². The van der Waals surface area contributed by atoms with Crippen LogP contribution in [-0.2, 0) is 4.79 Å². The van der Waals surface area contributed by atoms with Crippen LogP contribution in [0.25, 0.3) is 0 Å². The SMILES string of the molecule is CC(NC(=O)C1CC=CCC1)C(O)c1ccc(Cl)cc1. The molecule has 2 N–H and O–H groups in total. The first-order valence-electron chi connectivity index (χ1n) is 6.97. The summed E-state index contributed by atoms with van der Waals surface area (Å²) in [7, 11) is 0. The van der Waals surface area contributed by atoms with Gasteiger partial charge in [-0.1, -0.05) is 35.9 Å². The predicted octanol–water partition coefficient (Wildman–Crippen LogP) is 3.23. The van der Waals surface area contributed by atoms with Crippen molar-refractivity contribution in [3.63, 3.8) is 0 Å². The summed E-state index contributed by atoms with van der Waals surface area (Å²) in [6.07, 6.45) is 6.05. The second-order valence-electron chi connectivity index (χ2n) is 5.28. The van der Waals surface area contributed by atoms with Crippen LogP contribution < -0.4 is 5.32 Å². The summed E-state index contributed by atoms with van der Waals surface area (Å²) in [4.78, 5) is 12.1. The summed E-state index contributed by atoms with van der Waals surface area (Å²) >= 11 is 5.82. The van der Waals surface area contributed by atoms with Crippen molar-refractivity contribution in [3.05, 3.63) is 47.0 Å². The summed E-state index contributed by atoms with van der Waals surface area (Å²) in [6.45, 7) is 1.82. The van der Waals surface area contributed by atoms with Crippen LogP contribution >= 0.6 is 11.6 Å². The molecule has 108 valence electrons. The number of benzene rings is 1. The largest absolute Gasteiger partial charge is 0.386 e. The van der Waals surface area contributed by atoms with Crippen LogP contribution in [-0.4, -0.2) is 17.1 Å².